The van der Waals surface area contributed by atoms with E-state index in [0.717, 1.165) is 40.8 Å². The summed E-state index contributed by atoms with van der Waals surface area (Å²) in [7, 11) is 2.07. The van der Waals surface area contributed by atoms with Crippen LogP contribution in [0, 0.1) is 0 Å². The highest BCUT2D eigenvalue weighted by Crippen LogP contribution is 2.25. The van der Waals surface area contributed by atoms with Gasteiger partial charge < -0.3 is 15.1 Å². The summed E-state index contributed by atoms with van der Waals surface area (Å²) in [6.07, 6.45) is 3.71. The first-order chi connectivity index (χ1) is 14.9. The maximum Gasteiger partial charge on any atom is 0.231 e. The average Bonchev–Trinajstić information content (AvgIpc) is 3.23. The monoisotopic (exact) mass is 438 g/mol. The van der Waals surface area contributed by atoms with Crippen molar-refractivity contribution >= 4 is 47.5 Å². The van der Waals surface area contributed by atoms with E-state index in [4.69, 9.17) is 11.6 Å². The van der Waals surface area contributed by atoms with Gasteiger partial charge in [-0.3, -0.25) is 9.89 Å². The van der Waals surface area contributed by atoms with Crippen molar-refractivity contribution in [2.45, 2.75) is 25.8 Å². The third-order valence-corrected chi connectivity index (χ3v) is 6.10. The number of H-pyrrole nitrogens is 1. The highest BCUT2D eigenvalue weighted by Gasteiger charge is 2.29. The van der Waals surface area contributed by atoms with Crippen LogP contribution in [0.3, 0.4) is 0 Å². The van der Waals surface area contributed by atoms with Gasteiger partial charge in [-0.05, 0) is 23.2 Å². The molecule has 0 saturated carbocycles. The molecule has 9 heteroatoms. The Morgan fingerprint density at radius 3 is 2.58 bits per heavy atom. The molecule has 1 atom stereocenters. The van der Waals surface area contributed by atoms with Gasteiger partial charge in [-0.1, -0.05) is 37.6 Å². The van der Waals surface area contributed by atoms with E-state index in [2.05, 4.69) is 47.1 Å². The van der Waals surface area contributed by atoms with Crippen molar-refractivity contribution in [1.82, 2.24) is 25.4 Å². The Hall–Kier alpha value is -2.58. The molecule has 1 aliphatic rings. The summed E-state index contributed by atoms with van der Waals surface area (Å²) in [4.78, 5) is 22.2. The molecule has 0 spiro atoms. The van der Waals surface area contributed by atoms with Gasteiger partial charge in [0, 0.05) is 55.7 Å². The van der Waals surface area contributed by atoms with Crippen LogP contribution in [0.25, 0.3) is 11.0 Å². The lowest BCUT2D eigenvalue weighted by Gasteiger charge is -2.38. The topological polar surface area (TPSA) is 77.2 Å². The largest absolute Gasteiger partial charge is 0.368 e. The van der Waals surface area contributed by atoms with Crippen LogP contribution in [0.15, 0.2) is 36.7 Å². The van der Waals surface area contributed by atoms with Gasteiger partial charge in [0.1, 0.15) is 7.85 Å². The minimum Gasteiger partial charge on any atom is -0.368 e. The molecule has 1 fully saturated rings. The van der Waals surface area contributed by atoms with Gasteiger partial charge in [-0.2, -0.15) is 5.10 Å². The number of piperazine rings is 1. The van der Waals surface area contributed by atoms with Crippen LogP contribution in [0.4, 0.5) is 5.69 Å². The fourth-order valence-corrected chi connectivity index (χ4v) is 4.30. The first-order valence-electron chi connectivity index (χ1n) is 10.8. The second kappa shape index (κ2) is 9.28. The number of halogens is 1. The number of carbonyl (C=O) groups is 1. The second-order valence-electron chi connectivity index (χ2n) is 8.40. The van der Waals surface area contributed by atoms with Crippen molar-refractivity contribution in [2.75, 3.05) is 37.6 Å². The summed E-state index contributed by atoms with van der Waals surface area (Å²) in [5.41, 5.74) is 4.06. The lowest BCUT2D eigenvalue weighted by molar-refractivity contribution is -0.133. The van der Waals surface area contributed by atoms with E-state index in [1.54, 1.807) is 0 Å². The summed E-state index contributed by atoms with van der Waals surface area (Å²) >= 11 is 6.06. The second-order valence-corrected chi connectivity index (χ2v) is 8.84. The Bertz CT molecular complexity index is 1050. The quantitative estimate of drug-likeness (QED) is 0.567. The molecule has 2 N–H and O–H groups in total. The molecule has 1 aromatic carbocycles. The van der Waals surface area contributed by atoms with E-state index in [1.165, 1.54) is 0 Å². The Morgan fingerprint density at radius 1 is 1.19 bits per heavy atom. The Kier molecular flexibility index (Phi) is 6.48. The molecule has 4 rings (SSSR count). The van der Waals surface area contributed by atoms with E-state index in [1.807, 2.05) is 41.6 Å². The number of benzene rings is 1. The van der Waals surface area contributed by atoms with Crippen molar-refractivity contribution in [3.63, 3.8) is 0 Å². The number of nitrogens with one attached hydrogen (secondary N) is 2. The molecule has 0 unspecified atom stereocenters. The van der Waals surface area contributed by atoms with Gasteiger partial charge in [0.15, 0.2) is 5.65 Å². The molecule has 3 heterocycles. The van der Waals surface area contributed by atoms with Gasteiger partial charge in [-0.25, -0.2) is 4.98 Å². The summed E-state index contributed by atoms with van der Waals surface area (Å²) < 4.78 is 0. The molecule has 0 bridgehead atoms. The summed E-state index contributed by atoms with van der Waals surface area (Å²) in [6, 6.07) is 7.93. The maximum absolute atomic E-state index is 13.5. The normalized spacial score (nSPS) is 15.6. The zero-order valence-electron chi connectivity index (χ0n) is 18.2. The molecular formula is C22H28BClN6O. The maximum atomic E-state index is 13.5. The molecule has 3 aromatic rings. The van der Waals surface area contributed by atoms with E-state index in [0.29, 0.717) is 30.7 Å². The van der Waals surface area contributed by atoms with Crippen LogP contribution in [0.5, 0.6) is 0 Å². The van der Waals surface area contributed by atoms with E-state index < -0.39 is 0 Å². The fourth-order valence-electron chi connectivity index (χ4n) is 4.17. The molecule has 0 radical (unpaired) electrons. The van der Waals surface area contributed by atoms with Crippen LogP contribution < -0.4 is 15.7 Å². The third-order valence-electron chi connectivity index (χ3n) is 5.84. The molecule has 1 saturated heterocycles. The number of nitrogens with zero attached hydrogens (tertiary/aromatic N) is 4. The Morgan fingerprint density at radius 2 is 1.90 bits per heavy atom. The van der Waals surface area contributed by atoms with Crippen molar-refractivity contribution in [3.8, 4) is 0 Å². The molecule has 31 heavy (non-hydrogen) atoms. The number of amides is 1. The highest BCUT2D eigenvalue weighted by atomic mass is 35.5. The van der Waals surface area contributed by atoms with Gasteiger partial charge in [0.05, 0.1) is 17.5 Å². The molecule has 162 valence electrons. The van der Waals surface area contributed by atoms with Crippen molar-refractivity contribution in [3.05, 3.63) is 47.2 Å². The summed E-state index contributed by atoms with van der Waals surface area (Å²) in [5.74, 6) is -0.0653. The van der Waals surface area contributed by atoms with Crippen LogP contribution in [0.2, 0.25) is 5.02 Å². The SMILES string of the molecule is Bc1cnc2[nH]ncc2c1N1CCN(C(=O)[C@H](CNC(C)C)c2ccc(Cl)cc2)CC1. The minimum atomic E-state index is -0.227. The van der Waals surface area contributed by atoms with Crippen LogP contribution in [-0.2, 0) is 4.79 Å². The Labute approximate surface area is 188 Å². The highest BCUT2D eigenvalue weighted by molar-refractivity contribution is 6.37. The predicted octanol–water partition coefficient (Wildman–Crippen LogP) is 1.30. The van der Waals surface area contributed by atoms with Gasteiger partial charge >= 0.3 is 0 Å². The lowest BCUT2D eigenvalue weighted by atomic mass is 9.93. The van der Waals surface area contributed by atoms with Crippen LogP contribution >= 0.6 is 11.6 Å². The molecule has 7 nitrogen and oxygen atoms in total. The fraction of sp³-hybridized carbons (Fsp3) is 0.409. The first-order valence-corrected chi connectivity index (χ1v) is 11.1. The number of rotatable bonds is 6. The lowest BCUT2D eigenvalue weighted by Crippen LogP contribution is -2.52. The predicted molar refractivity (Wildman–Crippen MR) is 128 cm³/mol. The standard InChI is InChI=1S/C22H28BClN6O/c1-14(2)25-11-17(15-3-5-16(24)6-4-15)22(31)30-9-7-29(8-10-30)20-18-12-27-28-21(18)26-13-19(20)23/h3-6,12-14,17,25H,7-11,23H2,1-2H3,(H,26,27,28)/t17-/m1/s1. The number of carbonyl (C=O) groups excluding carboxylic acids is 1. The zero-order chi connectivity index (χ0) is 22.0. The first kappa shape index (κ1) is 21.6. The van der Waals surface area contributed by atoms with Gasteiger partial charge in [0.2, 0.25) is 5.91 Å². The number of hydrogen-bond acceptors (Lipinski definition) is 5. The van der Waals surface area contributed by atoms with Crippen molar-refractivity contribution in [2.24, 2.45) is 0 Å². The van der Waals surface area contributed by atoms with E-state index in [9.17, 15) is 4.79 Å². The molecule has 1 amide bonds. The number of hydrogen-bond donors (Lipinski definition) is 2. The molecular weight excluding hydrogens is 411 g/mol. The van der Waals surface area contributed by atoms with Gasteiger partial charge in [0.25, 0.3) is 0 Å². The van der Waals surface area contributed by atoms with Crippen LogP contribution in [-0.4, -0.2) is 72.6 Å². The van der Waals surface area contributed by atoms with E-state index in [-0.39, 0.29) is 11.8 Å². The average molecular weight is 439 g/mol. The van der Waals surface area contributed by atoms with Crippen LogP contribution in [0.1, 0.15) is 25.3 Å². The number of pyridine rings is 1. The number of aromatic amines is 1. The minimum absolute atomic E-state index is 0.162. The van der Waals surface area contributed by atoms with Crippen molar-refractivity contribution < 1.29 is 4.79 Å². The third kappa shape index (κ3) is 4.70. The molecule has 2 aromatic heterocycles. The molecule has 1 aliphatic heterocycles. The Balaban J connectivity index is 1.49. The smallest absolute Gasteiger partial charge is 0.231 e. The molecule has 0 aliphatic carbocycles. The van der Waals surface area contributed by atoms with Crippen molar-refractivity contribution in [1.29, 1.82) is 0 Å². The summed E-state index contributed by atoms with van der Waals surface area (Å²) in [6.45, 7) is 7.73. The van der Waals surface area contributed by atoms with Gasteiger partial charge in [-0.15, -0.1) is 0 Å². The number of aromatic nitrogens is 3. The zero-order valence-corrected chi connectivity index (χ0v) is 19.0. The summed E-state index contributed by atoms with van der Waals surface area (Å²) in [5, 5.41) is 12.2. The number of fused-ring (bicyclic) bond motifs is 1. The number of anilines is 1. The van der Waals surface area contributed by atoms with E-state index >= 15 is 0 Å².